The minimum Gasteiger partial charge on any atom is -0.339 e. The highest BCUT2D eigenvalue weighted by molar-refractivity contribution is 5.40. The second kappa shape index (κ2) is 4.33. The molecule has 0 bridgehead atoms. The summed E-state index contributed by atoms with van der Waals surface area (Å²) >= 11 is 0. The van der Waals surface area contributed by atoms with E-state index in [2.05, 4.69) is 10.1 Å². The van der Waals surface area contributed by atoms with Crippen molar-refractivity contribution in [1.29, 1.82) is 0 Å². The number of alkyl halides is 3. The molecule has 0 N–H and O–H groups in total. The number of hydrogen-bond acceptors (Lipinski definition) is 3. The van der Waals surface area contributed by atoms with Gasteiger partial charge in [-0.2, -0.15) is 18.2 Å². The average Bonchev–Trinajstić information content (AvgIpc) is 3.09. The van der Waals surface area contributed by atoms with E-state index in [0.29, 0.717) is 18.1 Å². The number of aromatic nitrogens is 2. The predicted octanol–water partition coefficient (Wildman–Crippen LogP) is 3.73. The SMILES string of the molecule is CCc1nc(C2(c3ccc(C(F)(F)F)cc3)CC2)no1. The van der Waals surface area contributed by atoms with Crippen LogP contribution >= 0.6 is 0 Å². The monoisotopic (exact) mass is 282 g/mol. The Bertz CT molecular complexity index is 612. The first-order valence-corrected chi connectivity index (χ1v) is 6.46. The van der Waals surface area contributed by atoms with Crippen molar-refractivity contribution in [3.8, 4) is 0 Å². The molecule has 0 atom stereocenters. The van der Waals surface area contributed by atoms with E-state index in [-0.39, 0.29) is 5.41 Å². The van der Waals surface area contributed by atoms with Gasteiger partial charge in [0.2, 0.25) is 5.89 Å². The molecule has 1 aliphatic rings. The van der Waals surface area contributed by atoms with E-state index in [0.717, 1.165) is 30.5 Å². The first-order valence-electron chi connectivity index (χ1n) is 6.46. The van der Waals surface area contributed by atoms with E-state index in [4.69, 9.17) is 4.52 Å². The van der Waals surface area contributed by atoms with E-state index in [1.54, 1.807) is 0 Å². The van der Waals surface area contributed by atoms with Crippen molar-refractivity contribution in [3.05, 3.63) is 47.1 Å². The summed E-state index contributed by atoms with van der Waals surface area (Å²) in [6.45, 7) is 1.91. The molecule has 106 valence electrons. The lowest BCUT2D eigenvalue weighted by atomic mass is 9.94. The third-order valence-corrected chi connectivity index (χ3v) is 3.71. The smallest absolute Gasteiger partial charge is 0.339 e. The Morgan fingerprint density at radius 2 is 1.85 bits per heavy atom. The van der Waals surface area contributed by atoms with Crippen molar-refractivity contribution in [2.24, 2.45) is 0 Å². The van der Waals surface area contributed by atoms with Crippen LogP contribution in [0.3, 0.4) is 0 Å². The Kier molecular flexibility index (Phi) is 2.84. The standard InChI is InChI=1S/C14H13F3N2O/c1-2-11-18-12(19-20-11)13(7-8-13)9-3-5-10(6-4-9)14(15,16)17/h3-6H,2,7-8H2,1H3. The molecule has 0 radical (unpaired) electrons. The van der Waals surface area contributed by atoms with Crippen molar-refractivity contribution < 1.29 is 17.7 Å². The summed E-state index contributed by atoms with van der Waals surface area (Å²) in [5, 5.41) is 3.96. The number of hydrogen-bond donors (Lipinski definition) is 0. The van der Waals surface area contributed by atoms with Gasteiger partial charge in [-0.05, 0) is 30.5 Å². The van der Waals surface area contributed by atoms with Crippen molar-refractivity contribution in [2.75, 3.05) is 0 Å². The molecule has 2 aromatic rings. The van der Waals surface area contributed by atoms with E-state index >= 15 is 0 Å². The Hall–Kier alpha value is -1.85. The van der Waals surface area contributed by atoms with Crippen LogP contribution in [0.5, 0.6) is 0 Å². The van der Waals surface area contributed by atoms with Crippen LogP contribution in [0.4, 0.5) is 13.2 Å². The first kappa shape index (κ1) is 13.1. The van der Waals surface area contributed by atoms with Crippen LogP contribution < -0.4 is 0 Å². The number of halogens is 3. The fraction of sp³-hybridized carbons (Fsp3) is 0.429. The maximum Gasteiger partial charge on any atom is 0.416 e. The summed E-state index contributed by atoms with van der Waals surface area (Å²) in [7, 11) is 0. The van der Waals surface area contributed by atoms with Gasteiger partial charge in [0.15, 0.2) is 5.82 Å². The summed E-state index contributed by atoms with van der Waals surface area (Å²) in [5.41, 5.74) is -0.186. The van der Waals surface area contributed by atoms with E-state index in [1.807, 2.05) is 6.92 Å². The van der Waals surface area contributed by atoms with Crippen LogP contribution in [-0.2, 0) is 18.0 Å². The van der Waals surface area contributed by atoms with Gasteiger partial charge >= 0.3 is 6.18 Å². The lowest BCUT2D eigenvalue weighted by Crippen LogP contribution is -2.12. The molecule has 3 nitrogen and oxygen atoms in total. The molecule has 0 aliphatic heterocycles. The summed E-state index contributed by atoms with van der Waals surface area (Å²) in [6, 6.07) is 5.24. The maximum absolute atomic E-state index is 12.6. The van der Waals surface area contributed by atoms with Crippen molar-refractivity contribution >= 4 is 0 Å². The third-order valence-electron chi connectivity index (χ3n) is 3.71. The zero-order chi connectivity index (χ0) is 14.4. The quantitative estimate of drug-likeness (QED) is 0.861. The topological polar surface area (TPSA) is 38.9 Å². The van der Waals surface area contributed by atoms with Crippen LogP contribution in [0.15, 0.2) is 28.8 Å². The Labute approximate surface area is 113 Å². The van der Waals surface area contributed by atoms with Gasteiger partial charge < -0.3 is 4.52 Å². The molecule has 1 heterocycles. The summed E-state index contributed by atoms with van der Waals surface area (Å²) in [6.07, 6.45) is -1.99. The lowest BCUT2D eigenvalue weighted by molar-refractivity contribution is -0.137. The Morgan fingerprint density at radius 1 is 1.20 bits per heavy atom. The van der Waals surface area contributed by atoms with Gasteiger partial charge in [0.05, 0.1) is 11.0 Å². The van der Waals surface area contributed by atoms with Crippen LogP contribution in [0.25, 0.3) is 0 Å². The van der Waals surface area contributed by atoms with Gasteiger partial charge in [-0.1, -0.05) is 24.2 Å². The number of nitrogens with zero attached hydrogens (tertiary/aromatic N) is 2. The number of aryl methyl sites for hydroxylation is 1. The molecule has 1 saturated carbocycles. The van der Waals surface area contributed by atoms with Crippen LogP contribution in [0, 0.1) is 0 Å². The highest BCUT2D eigenvalue weighted by Gasteiger charge is 2.50. The molecule has 0 amide bonds. The second-order valence-corrected chi connectivity index (χ2v) is 5.02. The molecule has 1 aromatic heterocycles. The molecule has 1 aliphatic carbocycles. The number of rotatable bonds is 3. The molecule has 0 saturated heterocycles. The van der Waals surface area contributed by atoms with Gasteiger partial charge in [0.25, 0.3) is 0 Å². The summed E-state index contributed by atoms with van der Waals surface area (Å²) in [5.74, 6) is 1.13. The van der Waals surface area contributed by atoms with Crippen LogP contribution in [0.1, 0.15) is 42.6 Å². The predicted molar refractivity (Wildman–Crippen MR) is 65.1 cm³/mol. The zero-order valence-electron chi connectivity index (χ0n) is 10.9. The molecular weight excluding hydrogens is 269 g/mol. The van der Waals surface area contributed by atoms with E-state index in [9.17, 15) is 13.2 Å². The summed E-state index contributed by atoms with van der Waals surface area (Å²) in [4.78, 5) is 4.31. The largest absolute Gasteiger partial charge is 0.416 e. The highest BCUT2D eigenvalue weighted by atomic mass is 19.4. The molecule has 20 heavy (non-hydrogen) atoms. The second-order valence-electron chi connectivity index (χ2n) is 5.02. The summed E-state index contributed by atoms with van der Waals surface area (Å²) < 4.78 is 42.8. The molecule has 0 unspecified atom stereocenters. The fourth-order valence-electron chi connectivity index (χ4n) is 2.34. The van der Waals surface area contributed by atoms with Gasteiger partial charge in [-0.3, -0.25) is 0 Å². The Balaban J connectivity index is 1.92. The van der Waals surface area contributed by atoms with Crippen LogP contribution in [-0.4, -0.2) is 10.1 Å². The normalized spacial score (nSPS) is 17.2. The van der Waals surface area contributed by atoms with Gasteiger partial charge in [-0.15, -0.1) is 0 Å². The minimum atomic E-state index is -4.31. The first-order chi connectivity index (χ1) is 9.45. The fourth-order valence-corrected chi connectivity index (χ4v) is 2.34. The highest BCUT2D eigenvalue weighted by Crippen LogP contribution is 2.52. The molecule has 3 rings (SSSR count). The van der Waals surface area contributed by atoms with Crippen molar-refractivity contribution in [1.82, 2.24) is 10.1 Å². The van der Waals surface area contributed by atoms with E-state index < -0.39 is 11.7 Å². The molecule has 0 spiro atoms. The number of benzene rings is 1. The molecule has 6 heteroatoms. The maximum atomic E-state index is 12.6. The molecule has 1 aromatic carbocycles. The van der Waals surface area contributed by atoms with Crippen molar-refractivity contribution in [2.45, 2.75) is 37.8 Å². The molecule has 1 fully saturated rings. The van der Waals surface area contributed by atoms with Gasteiger partial charge in [0, 0.05) is 6.42 Å². The lowest BCUT2D eigenvalue weighted by Gasteiger charge is -2.13. The third kappa shape index (κ3) is 2.09. The zero-order valence-corrected chi connectivity index (χ0v) is 10.9. The van der Waals surface area contributed by atoms with E-state index in [1.165, 1.54) is 12.1 Å². The van der Waals surface area contributed by atoms with Crippen molar-refractivity contribution in [3.63, 3.8) is 0 Å². The molecular formula is C14H13F3N2O. The van der Waals surface area contributed by atoms with Crippen LogP contribution in [0.2, 0.25) is 0 Å². The average molecular weight is 282 g/mol. The van der Waals surface area contributed by atoms with Gasteiger partial charge in [0.1, 0.15) is 0 Å². The Morgan fingerprint density at radius 3 is 2.30 bits per heavy atom. The minimum absolute atomic E-state index is 0.360. The van der Waals surface area contributed by atoms with Gasteiger partial charge in [-0.25, -0.2) is 0 Å².